The molecule has 0 amide bonds. The van der Waals surface area contributed by atoms with Crippen LogP contribution in [0.2, 0.25) is 5.02 Å². The molecule has 0 saturated heterocycles. The van der Waals surface area contributed by atoms with E-state index in [0.717, 1.165) is 24.0 Å². The first-order chi connectivity index (χ1) is 9.37. The third-order valence-electron chi connectivity index (χ3n) is 4.06. The zero-order chi connectivity index (χ0) is 14.8. The van der Waals surface area contributed by atoms with Crippen LogP contribution in [-0.4, -0.2) is 19.1 Å². The number of hydrogen-bond acceptors (Lipinski definition) is 2. The fourth-order valence-corrected chi connectivity index (χ4v) is 2.83. The van der Waals surface area contributed by atoms with Gasteiger partial charge in [0.25, 0.3) is 0 Å². The molecule has 1 aliphatic rings. The molecule has 1 aliphatic carbocycles. The van der Waals surface area contributed by atoms with Crippen molar-refractivity contribution in [1.29, 1.82) is 0 Å². The van der Waals surface area contributed by atoms with Gasteiger partial charge in [0.2, 0.25) is 0 Å². The van der Waals surface area contributed by atoms with Crippen molar-refractivity contribution in [2.45, 2.75) is 52.1 Å². The van der Waals surface area contributed by atoms with Crippen molar-refractivity contribution >= 4 is 17.3 Å². The molecule has 1 aromatic rings. The molecule has 1 fully saturated rings. The number of nitrogens with zero attached hydrogens (tertiary/aromatic N) is 1. The molecule has 2 nitrogen and oxygen atoms in total. The molecule has 3 heteroatoms. The third kappa shape index (κ3) is 4.13. The largest absolute Gasteiger partial charge is 0.374 e. The highest BCUT2D eigenvalue weighted by atomic mass is 35.5. The van der Waals surface area contributed by atoms with Crippen molar-refractivity contribution in [3.63, 3.8) is 0 Å². The number of benzene rings is 1. The summed E-state index contributed by atoms with van der Waals surface area (Å²) in [6.45, 7) is 8.50. The van der Waals surface area contributed by atoms with Crippen molar-refractivity contribution in [1.82, 2.24) is 5.32 Å². The van der Waals surface area contributed by atoms with E-state index in [2.05, 4.69) is 50.2 Å². The maximum Gasteiger partial charge on any atom is 0.0471 e. The molecule has 1 aromatic carbocycles. The third-order valence-corrected chi connectivity index (χ3v) is 4.41. The van der Waals surface area contributed by atoms with Crippen LogP contribution in [0.1, 0.15) is 45.6 Å². The van der Waals surface area contributed by atoms with Crippen molar-refractivity contribution in [2.24, 2.45) is 5.92 Å². The number of hydrogen-bond donors (Lipinski definition) is 1. The maximum absolute atomic E-state index is 6.42. The van der Waals surface area contributed by atoms with Gasteiger partial charge in [-0.25, -0.2) is 0 Å². The van der Waals surface area contributed by atoms with E-state index in [9.17, 15) is 0 Å². The zero-order valence-electron chi connectivity index (χ0n) is 13.2. The zero-order valence-corrected chi connectivity index (χ0v) is 13.9. The normalized spacial score (nSPS) is 16.1. The van der Waals surface area contributed by atoms with E-state index in [1.807, 2.05) is 6.07 Å². The summed E-state index contributed by atoms with van der Waals surface area (Å²) < 4.78 is 0. The average molecular weight is 295 g/mol. The van der Waals surface area contributed by atoms with E-state index in [1.54, 1.807) is 0 Å². The first-order valence-electron chi connectivity index (χ1n) is 7.60. The Kier molecular flexibility index (Phi) is 4.98. The van der Waals surface area contributed by atoms with Gasteiger partial charge in [-0.2, -0.15) is 0 Å². The average Bonchev–Trinajstić information content (AvgIpc) is 2.30. The van der Waals surface area contributed by atoms with Gasteiger partial charge in [0.1, 0.15) is 0 Å². The summed E-state index contributed by atoms with van der Waals surface area (Å²) in [6.07, 6.45) is 4.15. The second kappa shape index (κ2) is 6.36. The van der Waals surface area contributed by atoms with Crippen LogP contribution >= 0.6 is 11.6 Å². The smallest absolute Gasteiger partial charge is 0.0471 e. The van der Waals surface area contributed by atoms with Gasteiger partial charge in [-0.05, 0) is 51.7 Å². The minimum absolute atomic E-state index is 0.100. The summed E-state index contributed by atoms with van der Waals surface area (Å²) in [4.78, 5) is 2.37. The molecule has 0 spiro atoms. The fourth-order valence-electron chi connectivity index (χ4n) is 2.59. The molecule has 0 heterocycles. The topological polar surface area (TPSA) is 15.3 Å². The summed E-state index contributed by atoms with van der Waals surface area (Å²) in [7, 11) is 2.19. The van der Waals surface area contributed by atoms with E-state index in [-0.39, 0.29) is 5.54 Å². The molecule has 0 aliphatic heterocycles. The van der Waals surface area contributed by atoms with Gasteiger partial charge in [0.05, 0.1) is 0 Å². The lowest BCUT2D eigenvalue weighted by Crippen LogP contribution is -2.36. The fraction of sp³-hybridized carbons (Fsp3) is 0.647. The van der Waals surface area contributed by atoms with Crippen molar-refractivity contribution < 1.29 is 0 Å². The van der Waals surface area contributed by atoms with E-state index in [1.165, 1.54) is 30.5 Å². The summed E-state index contributed by atoms with van der Waals surface area (Å²) in [5.41, 5.74) is 2.58. The van der Waals surface area contributed by atoms with Gasteiger partial charge in [-0.1, -0.05) is 24.1 Å². The summed E-state index contributed by atoms with van der Waals surface area (Å²) in [5, 5.41) is 4.41. The SMILES string of the molecule is CN(CC1CCC1)c1cccc(Cl)c1CNC(C)(C)C. The van der Waals surface area contributed by atoms with Gasteiger partial charge < -0.3 is 10.2 Å². The molecule has 2 rings (SSSR count). The lowest BCUT2D eigenvalue weighted by molar-refractivity contribution is 0.321. The number of nitrogens with one attached hydrogen (secondary N) is 1. The molecule has 112 valence electrons. The van der Waals surface area contributed by atoms with E-state index in [4.69, 9.17) is 11.6 Å². The first kappa shape index (κ1) is 15.7. The molecule has 1 saturated carbocycles. The van der Waals surface area contributed by atoms with Gasteiger partial charge in [0, 0.05) is 41.9 Å². The predicted octanol–water partition coefficient (Wildman–Crippen LogP) is 4.46. The monoisotopic (exact) mass is 294 g/mol. The van der Waals surface area contributed by atoms with Crippen LogP contribution in [0.25, 0.3) is 0 Å². The first-order valence-corrected chi connectivity index (χ1v) is 7.98. The number of anilines is 1. The molecule has 0 unspecified atom stereocenters. The lowest BCUT2D eigenvalue weighted by atomic mass is 9.85. The highest BCUT2D eigenvalue weighted by molar-refractivity contribution is 6.31. The molecule has 0 radical (unpaired) electrons. The van der Waals surface area contributed by atoms with Crippen LogP contribution in [0.5, 0.6) is 0 Å². The standard InChI is InChI=1S/C17H27ClN2/c1-17(2,3)19-11-14-15(18)9-6-10-16(14)20(4)12-13-7-5-8-13/h6,9-10,13,19H,5,7-8,11-12H2,1-4H3. The number of halogens is 1. The quantitative estimate of drug-likeness (QED) is 0.862. The minimum Gasteiger partial charge on any atom is -0.374 e. The summed E-state index contributed by atoms with van der Waals surface area (Å²) >= 11 is 6.42. The molecule has 0 bridgehead atoms. The second-order valence-electron chi connectivity index (χ2n) is 7.02. The molecule has 20 heavy (non-hydrogen) atoms. The van der Waals surface area contributed by atoms with Crippen LogP contribution in [0.4, 0.5) is 5.69 Å². The van der Waals surface area contributed by atoms with Gasteiger partial charge >= 0.3 is 0 Å². The maximum atomic E-state index is 6.42. The van der Waals surface area contributed by atoms with E-state index in [0.29, 0.717) is 0 Å². The van der Waals surface area contributed by atoms with Crippen LogP contribution in [0.3, 0.4) is 0 Å². The summed E-state index contributed by atoms with van der Waals surface area (Å²) in [5.74, 6) is 0.863. The second-order valence-corrected chi connectivity index (χ2v) is 7.43. The highest BCUT2D eigenvalue weighted by Crippen LogP contribution is 2.32. The van der Waals surface area contributed by atoms with E-state index >= 15 is 0 Å². The van der Waals surface area contributed by atoms with Crippen molar-refractivity contribution in [2.75, 3.05) is 18.5 Å². The van der Waals surface area contributed by atoms with Crippen LogP contribution < -0.4 is 10.2 Å². The highest BCUT2D eigenvalue weighted by Gasteiger charge is 2.21. The van der Waals surface area contributed by atoms with Gasteiger partial charge in [-0.3, -0.25) is 0 Å². The Morgan fingerprint density at radius 2 is 2.00 bits per heavy atom. The minimum atomic E-state index is 0.100. The number of rotatable bonds is 5. The lowest BCUT2D eigenvalue weighted by Gasteiger charge is -2.33. The molecule has 0 atom stereocenters. The molecule has 0 aromatic heterocycles. The van der Waals surface area contributed by atoms with Crippen LogP contribution in [0, 0.1) is 5.92 Å². The van der Waals surface area contributed by atoms with Crippen molar-refractivity contribution in [3.05, 3.63) is 28.8 Å². The predicted molar refractivity (Wildman–Crippen MR) is 88.7 cm³/mol. The summed E-state index contributed by atoms with van der Waals surface area (Å²) in [6, 6.07) is 6.22. The Bertz CT molecular complexity index is 447. The Labute approximate surface area is 128 Å². The Morgan fingerprint density at radius 1 is 1.30 bits per heavy atom. The molecule has 1 N–H and O–H groups in total. The Hall–Kier alpha value is -0.730. The van der Waals surface area contributed by atoms with Gasteiger partial charge in [0.15, 0.2) is 0 Å². The Morgan fingerprint density at radius 3 is 2.55 bits per heavy atom. The Balaban J connectivity index is 2.12. The van der Waals surface area contributed by atoms with E-state index < -0.39 is 0 Å². The van der Waals surface area contributed by atoms with Crippen LogP contribution in [-0.2, 0) is 6.54 Å². The van der Waals surface area contributed by atoms with Crippen LogP contribution in [0.15, 0.2) is 18.2 Å². The van der Waals surface area contributed by atoms with Gasteiger partial charge in [-0.15, -0.1) is 0 Å². The van der Waals surface area contributed by atoms with Crippen molar-refractivity contribution in [3.8, 4) is 0 Å². The molecular weight excluding hydrogens is 268 g/mol. The molecular formula is C17H27ClN2.